The maximum absolute atomic E-state index is 8.09. The Kier molecular flexibility index (Phi) is 5.09. The standard InChI is InChI=1S/C12H25N3/c1-4-7-12(13)15-9-6-8-14(3)10-11(15)5-2/h11,13H,4-10H2,1-3H3. The van der Waals surface area contributed by atoms with Crippen molar-refractivity contribution in [3.05, 3.63) is 0 Å². The highest BCUT2D eigenvalue weighted by Crippen LogP contribution is 2.13. The molecule has 1 aliphatic rings. The van der Waals surface area contributed by atoms with Gasteiger partial charge in [-0.05, 0) is 32.9 Å². The van der Waals surface area contributed by atoms with Crippen LogP contribution in [0.2, 0.25) is 0 Å². The van der Waals surface area contributed by atoms with Gasteiger partial charge < -0.3 is 9.80 Å². The number of hydrogen-bond acceptors (Lipinski definition) is 2. The van der Waals surface area contributed by atoms with E-state index in [4.69, 9.17) is 5.41 Å². The van der Waals surface area contributed by atoms with E-state index in [0.29, 0.717) is 6.04 Å². The van der Waals surface area contributed by atoms with E-state index in [1.54, 1.807) is 0 Å². The van der Waals surface area contributed by atoms with Gasteiger partial charge in [-0.1, -0.05) is 13.8 Å². The van der Waals surface area contributed by atoms with E-state index in [-0.39, 0.29) is 0 Å². The van der Waals surface area contributed by atoms with Crippen LogP contribution in [0.4, 0.5) is 0 Å². The molecule has 1 N–H and O–H groups in total. The molecule has 1 aliphatic heterocycles. The third-order valence-electron chi connectivity index (χ3n) is 3.21. The summed E-state index contributed by atoms with van der Waals surface area (Å²) >= 11 is 0. The van der Waals surface area contributed by atoms with Crippen molar-refractivity contribution in [2.75, 3.05) is 26.7 Å². The van der Waals surface area contributed by atoms with Crippen molar-refractivity contribution in [3.8, 4) is 0 Å². The second-order valence-corrected chi connectivity index (χ2v) is 4.57. The summed E-state index contributed by atoms with van der Waals surface area (Å²) in [6, 6.07) is 0.552. The predicted molar refractivity (Wildman–Crippen MR) is 65.5 cm³/mol. The predicted octanol–water partition coefficient (Wildman–Crippen LogP) is 2.18. The molecule has 0 saturated carbocycles. The summed E-state index contributed by atoms with van der Waals surface area (Å²) < 4.78 is 0. The normalized spacial score (nSPS) is 23.9. The number of rotatable bonds is 3. The Morgan fingerprint density at radius 1 is 1.33 bits per heavy atom. The Morgan fingerprint density at radius 2 is 2.07 bits per heavy atom. The third kappa shape index (κ3) is 3.49. The van der Waals surface area contributed by atoms with E-state index in [0.717, 1.165) is 38.2 Å². The SMILES string of the molecule is CCCC(=N)N1CCCN(C)CC1CC. The molecule has 0 amide bonds. The lowest BCUT2D eigenvalue weighted by Gasteiger charge is -2.32. The highest BCUT2D eigenvalue weighted by atomic mass is 15.3. The number of nitrogens with zero attached hydrogens (tertiary/aromatic N) is 2. The molecule has 1 atom stereocenters. The monoisotopic (exact) mass is 211 g/mol. The summed E-state index contributed by atoms with van der Waals surface area (Å²) in [5.74, 6) is 0.847. The molecule has 1 rings (SSSR count). The molecule has 3 heteroatoms. The molecule has 15 heavy (non-hydrogen) atoms. The van der Waals surface area contributed by atoms with Crippen LogP contribution < -0.4 is 0 Å². The lowest BCUT2D eigenvalue weighted by Crippen LogP contribution is -2.43. The summed E-state index contributed by atoms with van der Waals surface area (Å²) in [5.41, 5.74) is 0. The number of likely N-dealkylation sites (N-methyl/N-ethyl adjacent to an activating group) is 1. The Morgan fingerprint density at radius 3 is 2.67 bits per heavy atom. The Labute approximate surface area is 94.0 Å². The molecule has 0 spiro atoms. The van der Waals surface area contributed by atoms with E-state index >= 15 is 0 Å². The number of hydrogen-bond donors (Lipinski definition) is 1. The van der Waals surface area contributed by atoms with Crippen molar-refractivity contribution >= 4 is 5.84 Å². The van der Waals surface area contributed by atoms with Gasteiger partial charge in [0.25, 0.3) is 0 Å². The average Bonchev–Trinajstić information content (AvgIpc) is 2.39. The lowest BCUT2D eigenvalue weighted by atomic mass is 10.1. The second-order valence-electron chi connectivity index (χ2n) is 4.57. The molecule has 3 nitrogen and oxygen atoms in total. The van der Waals surface area contributed by atoms with E-state index in [2.05, 4.69) is 30.7 Å². The minimum Gasteiger partial charge on any atom is -0.356 e. The molecule has 0 aromatic carbocycles. The molecule has 0 aromatic rings. The minimum atomic E-state index is 0.552. The Balaban J connectivity index is 2.62. The molecule has 88 valence electrons. The van der Waals surface area contributed by atoms with Gasteiger partial charge in [0.2, 0.25) is 0 Å². The zero-order valence-electron chi connectivity index (χ0n) is 10.4. The number of amidine groups is 1. The van der Waals surface area contributed by atoms with Gasteiger partial charge in [0, 0.05) is 25.6 Å². The van der Waals surface area contributed by atoms with Gasteiger partial charge in [-0.15, -0.1) is 0 Å². The van der Waals surface area contributed by atoms with E-state index in [1.165, 1.54) is 13.0 Å². The summed E-state index contributed by atoms with van der Waals surface area (Å²) in [6.07, 6.45) is 4.36. The van der Waals surface area contributed by atoms with Crippen molar-refractivity contribution < 1.29 is 0 Å². The van der Waals surface area contributed by atoms with Gasteiger partial charge in [0.1, 0.15) is 0 Å². The summed E-state index contributed by atoms with van der Waals surface area (Å²) in [6.45, 7) is 7.74. The van der Waals surface area contributed by atoms with E-state index in [9.17, 15) is 0 Å². The molecular weight excluding hydrogens is 186 g/mol. The van der Waals surface area contributed by atoms with Crippen LogP contribution in [0.15, 0.2) is 0 Å². The van der Waals surface area contributed by atoms with Crippen molar-refractivity contribution in [2.24, 2.45) is 0 Å². The summed E-state index contributed by atoms with van der Waals surface area (Å²) in [5, 5.41) is 8.09. The van der Waals surface area contributed by atoms with Crippen LogP contribution in [0.1, 0.15) is 39.5 Å². The molecule has 0 aromatic heterocycles. The van der Waals surface area contributed by atoms with Crippen LogP contribution in [-0.2, 0) is 0 Å². The largest absolute Gasteiger partial charge is 0.356 e. The molecule has 1 unspecified atom stereocenters. The van der Waals surface area contributed by atoms with Gasteiger partial charge in [-0.25, -0.2) is 0 Å². The second kappa shape index (κ2) is 6.11. The molecule has 0 radical (unpaired) electrons. The van der Waals surface area contributed by atoms with Crippen molar-refractivity contribution in [2.45, 2.75) is 45.6 Å². The van der Waals surface area contributed by atoms with Crippen molar-refractivity contribution in [1.82, 2.24) is 9.80 Å². The van der Waals surface area contributed by atoms with Gasteiger partial charge >= 0.3 is 0 Å². The first-order valence-corrected chi connectivity index (χ1v) is 6.21. The molecule has 0 bridgehead atoms. The van der Waals surface area contributed by atoms with Gasteiger partial charge in [0.05, 0.1) is 5.84 Å². The Hall–Kier alpha value is -0.570. The van der Waals surface area contributed by atoms with Crippen LogP contribution in [0.5, 0.6) is 0 Å². The van der Waals surface area contributed by atoms with Gasteiger partial charge in [-0.2, -0.15) is 0 Å². The van der Waals surface area contributed by atoms with Crippen LogP contribution in [0.3, 0.4) is 0 Å². The quantitative estimate of drug-likeness (QED) is 0.573. The molecule has 1 saturated heterocycles. The lowest BCUT2D eigenvalue weighted by molar-refractivity contribution is 0.260. The van der Waals surface area contributed by atoms with E-state index in [1.807, 2.05) is 0 Å². The zero-order valence-corrected chi connectivity index (χ0v) is 10.4. The maximum atomic E-state index is 8.09. The summed E-state index contributed by atoms with van der Waals surface area (Å²) in [7, 11) is 2.19. The first-order valence-electron chi connectivity index (χ1n) is 6.21. The van der Waals surface area contributed by atoms with Crippen molar-refractivity contribution in [1.29, 1.82) is 5.41 Å². The van der Waals surface area contributed by atoms with Crippen molar-refractivity contribution in [3.63, 3.8) is 0 Å². The van der Waals surface area contributed by atoms with Crippen LogP contribution in [0, 0.1) is 5.41 Å². The first kappa shape index (κ1) is 12.5. The fraction of sp³-hybridized carbons (Fsp3) is 0.917. The smallest absolute Gasteiger partial charge is 0.0960 e. The number of nitrogens with one attached hydrogen (secondary N) is 1. The van der Waals surface area contributed by atoms with Crippen LogP contribution in [-0.4, -0.2) is 48.4 Å². The first-order chi connectivity index (χ1) is 7.19. The molecular formula is C12H25N3. The fourth-order valence-corrected chi connectivity index (χ4v) is 2.33. The maximum Gasteiger partial charge on any atom is 0.0960 e. The average molecular weight is 211 g/mol. The van der Waals surface area contributed by atoms with Gasteiger partial charge in [0.15, 0.2) is 0 Å². The highest BCUT2D eigenvalue weighted by molar-refractivity contribution is 5.79. The van der Waals surface area contributed by atoms with E-state index < -0.39 is 0 Å². The molecule has 1 heterocycles. The summed E-state index contributed by atoms with van der Waals surface area (Å²) in [4.78, 5) is 4.72. The van der Waals surface area contributed by atoms with Gasteiger partial charge in [-0.3, -0.25) is 5.41 Å². The third-order valence-corrected chi connectivity index (χ3v) is 3.21. The van der Waals surface area contributed by atoms with Crippen LogP contribution >= 0.6 is 0 Å². The molecule has 0 aliphatic carbocycles. The topological polar surface area (TPSA) is 30.3 Å². The van der Waals surface area contributed by atoms with Crippen LogP contribution in [0.25, 0.3) is 0 Å². The fourth-order valence-electron chi connectivity index (χ4n) is 2.33. The highest BCUT2D eigenvalue weighted by Gasteiger charge is 2.23. The Bertz CT molecular complexity index is 203. The molecule has 1 fully saturated rings. The zero-order chi connectivity index (χ0) is 11.3. The minimum absolute atomic E-state index is 0.552.